The zero-order valence-electron chi connectivity index (χ0n) is 8.75. The average Bonchev–Trinajstić information content (AvgIpc) is 2.85. The molecule has 0 bridgehead atoms. The molecule has 0 atom stereocenters. The second kappa shape index (κ2) is 3.30. The Morgan fingerprint density at radius 3 is 3.24 bits per heavy atom. The molecule has 0 spiro atoms. The molecule has 0 fully saturated rings. The van der Waals surface area contributed by atoms with Crippen LogP contribution in [0.15, 0.2) is 34.5 Å². The number of hydrogen-bond acceptors (Lipinski definition) is 5. The molecule has 82 valence electrons. The van der Waals surface area contributed by atoms with Crippen molar-refractivity contribution in [3.63, 3.8) is 0 Å². The molecule has 0 radical (unpaired) electrons. The standard InChI is InChI=1S/C12H7N3OS/c1-2-11-12(15-6-17-11)7-3-8-10(16-9(1)7)4-13-5-14-8/h1-5H,6H2. The summed E-state index contributed by atoms with van der Waals surface area (Å²) in [4.78, 5) is 13.9. The molecular weight excluding hydrogens is 234 g/mol. The van der Waals surface area contributed by atoms with Gasteiger partial charge in [-0.1, -0.05) is 0 Å². The molecule has 5 heteroatoms. The van der Waals surface area contributed by atoms with Gasteiger partial charge in [-0.25, -0.2) is 9.97 Å². The van der Waals surface area contributed by atoms with E-state index >= 15 is 0 Å². The first-order valence-electron chi connectivity index (χ1n) is 5.22. The molecule has 2 aromatic rings. The summed E-state index contributed by atoms with van der Waals surface area (Å²) in [7, 11) is 0. The molecule has 0 aliphatic carbocycles. The van der Waals surface area contributed by atoms with E-state index < -0.39 is 0 Å². The van der Waals surface area contributed by atoms with Crippen LogP contribution < -0.4 is 15.3 Å². The third kappa shape index (κ3) is 1.29. The van der Waals surface area contributed by atoms with Crippen molar-refractivity contribution in [1.82, 2.24) is 9.97 Å². The first-order valence-corrected chi connectivity index (χ1v) is 6.20. The topological polar surface area (TPSA) is 47.4 Å². The lowest BCUT2D eigenvalue weighted by molar-refractivity contribution is 0.466. The number of rotatable bonds is 0. The second-order valence-corrected chi connectivity index (χ2v) is 4.76. The molecule has 2 aliphatic rings. The predicted molar refractivity (Wildman–Crippen MR) is 63.6 cm³/mol. The molecule has 2 aliphatic heterocycles. The molecule has 3 heterocycles. The van der Waals surface area contributed by atoms with Gasteiger partial charge >= 0.3 is 0 Å². The second-order valence-electron chi connectivity index (χ2n) is 3.77. The maximum atomic E-state index is 5.78. The Morgan fingerprint density at radius 2 is 2.24 bits per heavy atom. The van der Waals surface area contributed by atoms with E-state index in [0.717, 1.165) is 27.9 Å². The van der Waals surface area contributed by atoms with Crippen LogP contribution in [0.2, 0.25) is 0 Å². The van der Waals surface area contributed by atoms with E-state index in [9.17, 15) is 0 Å². The number of fused-ring (bicyclic) bond motifs is 4. The molecular formula is C12H7N3OS. The third-order valence-electron chi connectivity index (χ3n) is 2.79. The number of ether oxygens (including phenoxy) is 1. The van der Waals surface area contributed by atoms with Crippen LogP contribution in [0.1, 0.15) is 5.69 Å². The fraction of sp³-hybridized carbons (Fsp3) is 0.0833. The van der Waals surface area contributed by atoms with Crippen molar-refractivity contribution >= 4 is 17.8 Å². The summed E-state index contributed by atoms with van der Waals surface area (Å²) >= 11 is 1.75. The lowest BCUT2D eigenvalue weighted by Gasteiger charge is -2.13. The van der Waals surface area contributed by atoms with E-state index in [1.165, 1.54) is 11.2 Å². The molecule has 0 unspecified atom stereocenters. The minimum Gasteiger partial charge on any atom is -0.453 e. The Balaban J connectivity index is 2.12. The molecule has 4 nitrogen and oxygen atoms in total. The summed E-state index contributed by atoms with van der Waals surface area (Å²) in [5.41, 5.74) is 0.813. The number of hydrogen-bond donors (Lipinski definition) is 0. The lowest BCUT2D eigenvalue weighted by Crippen LogP contribution is -2.29. The van der Waals surface area contributed by atoms with E-state index in [1.807, 2.05) is 12.1 Å². The van der Waals surface area contributed by atoms with E-state index in [-0.39, 0.29) is 0 Å². The maximum absolute atomic E-state index is 5.78. The highest BCUT2D eigenvalue weighted by Crippen LogP contribution is 2.26. The lowest BCUT2D eigenvalue weighted by atomic mass is 10.2. The van der Waals surface area contributed by atoms with Crippen LogP contribution in [-0.4, -0.2) is 15.8 Å². The summed E-state index contributed by atoms with van der Waals surface area (Å²) in [5.74, 6) is 2.32. The number of nitrogens with zero attached hydrogens (tertiary/aromatic N) is 3. The minimum atomic E-state index is 0.700. The molecule has 0 N–H and O–H groups in total. The average molecular weight is 241 g/mol. The first-order chi connectivity index (χ1) is 8.42. The normalized spacial score (nSPS) is 14.8. The minimum absolute atomic E-state index is 0.700. The monoisotopic (exact) mass is 241 g/mol. The van der Waals surface area contributed by atoms with Crippen molar-refractivity contribution in [1.29, 1.82) is 0 Å². The van der Waals surface area contributed by atoms with Crippen LogP contribution in [0.5, 0.6) is 11.5 Å². The van der Waals surface area contributed by atoms with Crippen molar-refractivity contribution in [2.24, 2.45) is 4.99 Å². The van der Waals surface area contributed by atoms with Crippen molar-refractivity contribution in [2.75, 3.05) is 5.88 Å². The zero-order chi connectivity index (χ0) is 11.2. The summed E-state index contributed by atoms with van der Waals surface area (Å²) in [6.45, 7) is 0. The van der Waals surface area contributed by atoms with Gasteiger partial charge in [0.05, 0.1) is 17.4 Å². The molecule has 0 saturated carbocycles. The molecule has 4 rings (SSSR count). The Bertz CT molecular complexity index is 742. The van der Waals surface area contributed by atoms with Gasteiger partial charge < -0.3 is 4.74 Å². The molecule has 17 heavy (non-hydrogen) atoms. The van der Waals surface area contributed by atoms with Gasteiger partial charge in [-0.2, -0.15) is 0 Å². The Morgan fingerprint density at radius 1 is 1.24 bits per heavy atom. The van der Waals surface area contributed by atoms with E-state index in [2.05, 4.69) is 21.0 Å². The van der Waals surface area contributed by atoms with Crippen LogP contribution in [0, 0.1) is 0 Å². The first kappa shape index (κ1) is 9.18. The van der Waals surface area contributed by atoms with Gasteiger partial charge in [0.15, 0.2) is 5.75 Å². The van der Waals surface area contributed by atoms with E-state index in [0.29, 0.717) is 5.75 Å². The fourth-order valence-electron chi connectivity index (χ4n) is 2.01. The summed E-state index contributed by atoms with van der Waals surface area (Å²) < 4.78 is 5.78. The zero-order valence-corrected chi connectivity index (χ0v) is 9.57. The number of aromatic nitrogens is 2. The van der Waals surface area contributed by atoms with E-state index in [1.54, 1.807) is 18.0 Å². The summed E-state index contributed by atoms with van der Waals surface area (Å²) in [6.07, 6.45) is 5.23. The highest BCUT2D eigenvalue weighted by atomic mass is 32.2. The third-order valence-corrected chi connectivity index (χ3v) is 3.69. The number of thioether (sulfide) groups is 1. The summed E-state index contributed by atoms with van der Waals surface area (Å²) in [5, 5.41) is 2.05. The van der Waals surface area contributed by atoms with Crippen molar-refractivity contribution in [3.05, 3.63) is 40.9 Å². The Labute approximate surface area is 101 Å². The van der Waals surface area contributed by atoms with Crippen LogP contribution >= 0.6 is 11.8 Å². The van der Waals surface area contributed by atoms with Crippen molar-refractivity contribution in [3.8, 4) is 11.5 Å². The van der Waals surface area contributed by atoms with Crippen LogP contribution in [0.25, 0.3) is 6.08 Å². The summed E-state index contributed by atoms with van der Waals surface area (Å²) in [6, 6.07) is 4.03. The molecule has 0 saturated heterocycles. The van der Waals surface area contributed by atoms with Gasteiger partial charge in [-0.05, 0) is 18.2 Å². The largest absolute Gasteiger partial charge is 0.453 e. The van der Waals surface area contributed by atoms with Gasteiger partial charge in [0.1, 0.15) is 17.8 Å². The van der Waals surface area contributed by atoms with Gasteiger partial charge in [0.25, 0.3) is 0 Å². The SMILES string of the molecule is C1=c2c(ccc3c2=NCS3)Oc2cncnc21. The van der Waals surface area contributed by atoms with Crippen molar-refractivity contribution < 1.29 is 4.74 Å². The Kier molecular flexibility index (Phi) is 1.78. The van der Waals surface area contributed by atoms with Crippen LogP contribution in [0.3, 0.4) is 0 Å². The Hall–Kier alpha value is -1.88. The fourth-order valence-corrected chi connectivity index (χ4v) is 2.82. The molecule has 1 aromatic carbocycles. The van der Waals surface area contributed by atoms with Gasteiger partial charge in [-0.3, -0.25) is 4.99 Å². The van der Waals surface area contributed by atoms with E-state index in [4.69, 9.17) is 4.74 Å². The van der Waals surface area contributed by atoms with Crippen LogP contribution in [0.4, 0.5) is 0 Å². The highest BCUT2D eigenvalue weighted by Gasteiger charge is 2.16. The maximum Gasteiger partial charge on any atom is 0.171 e. The smallest absolute Gasteiger partial charge is 0.171 e. The van der Waals surface area contributed by atoms with Gasteiger partial charge in [0, 0.05) is 10.1 Å². The van der Waals surface area contributed by atoms with Crippen LogP contribution in [-0.2, 0) is 0 Å². The quantitative estimate of drug-likeness (QED) is 0.591. The van der Waals surface area contributed by atoms with Gasteiger partial charge in [-0.15, -0.1) is 11.8 Å². The molecule has 1 aromatic heterocycles. The van der Waals surface area contributed by atoms with Gasteiger partial charge in [0.2, 0.25) is 0 Å². The predicted octanol–water partition coefficient (Wildman–Crippen LogP) is 1.09. The number of benzene rings is 1. The van der Waals surface area contributed by atoms with Crippen molar-refractivity contribution in [2.45, 2.75) is 4.90 Å². The highest BCUT2D eigenvalue weighted by molar-refractivity contribution is 7.99. The molecule has 0 amide bonds.